The summed E-state index contributed by atoms with van der Waals surface area (Å²) in [6, 6.07) is 3.75. The lowest BCUT2D eigenvalue weighted by molar-refractivity contribution is -0.106. The average molecular weight is 264 g/mol. The van der Waals surface area contributed by atoms with Gasteiger partial charge in [0.2, 0.25) is 0 Å². The van der Waals surface area contributed by atoms with Crippen molar-refractivity contribution in [3.8, 4) is 0 Å². The molecule has 0 fully saturated rings. The summed E-state index contributed by atoms with van der Waals surface area (Å²) in [4.78, 5) is 1.11. The number of hydrogen-bond donors (Lipinski definition) is 1. The SMILES string of the molecule is CN(O)C1CCSc2cc(Cl)c(Cl)cc21. The lowest BCUT2D eigenvalue weighted by Gasteiger charge is -2.29. The number of thioether (sulfide) groups is 1. The number of fused-ring (bicyclic) bond motifs is 1. The number of benzene rings is 1. The Kier molecular flexibility index (Phi) is 3.48. The van der Waals surface area contributed by atoms with E-state index in [2.05, 4.69) is 0 Å². The summed E-state index contributed by atoms with van der Waals surface area (Å²) in [5.41, 5.74) is 1.06. The molecule has 5 heteroatoms. The fourth-order valence-corrected chi connectivity index (χ4v) is 3.28. The molecule has 0 radical (unpaired) electrons. The second-order valence-corrected chi connectivity index (χ2v) is 5.48. The Balaban J connectivity index is 2.47. The molecule has 15 heavy (non-hydrogen) atoms. The molecule has 1 unspecified atom stereocenters. The maximum Gasteiger partial charge on any atom is 0.0615 e. The highest BCUT2D eigenvalue weighted by atomic mass is 35.5. The molecule has 0 saturated carbocycles. The average Bonchev–Trinajstić information content (AvgIpc) is 2.18. The summed E-state index contributed by atoms with van der Waals surface area (Å²) in [5, 5.41) is 11.9. The van der Waals surface area contributed by atoms with E-state index < -0.39 is 0 Å². The van der Waals surface area contributed by atoms with Crippen LogP contribution in [0.3, 0.4) is 0 Å². The van der Waals surface area contributed by atoms with Crippen LogP contribution in [0.4, 0.5) is 0 Å². The molecule has 1 N–H and O–H groups in total. The molecule has 2 nitrogen and oxygen atoms in total. The standard InChI is InChI=1S/C10H11Cl2NOS/c1-13(14)9-2-3-15-10-5-8(12)7(11)4-6(9)10/h4-5,9,14H,2-3H2,1H3. The van der Waals surface area contributed by atoms with E-state index in [1.807, 2.05) is 12.1 Å². The molecule has 1 heterocycles. The number of hydroxylamine groups is 2. The molecule has 0 amide bonds. The normalized spacial score (nSPS) is 20.5. The summed E-state index contributed by atoms with van der Waals surface area (Å²) in [5.74, 6) is 0.987. The van der Waals surface area contributed by atoms with Gasteiger partial charge in [-0.05, 0) is 29.9 Å². The second-order valence-electron chi connectivity index (χ2n) is 3.53. The van der Waals surface area contributed by atoms with Gasteiger partial charge in [0.15, 0.2) is 0 Å². The lowest BCUT2D eigenvalue weighted by atomic mass is 10.0. The maximum atomic E-state index is 9.53. The molecule has 0 saturated heterocycles. The highest BCUT2D eigenvalue weighted by molar-refractivity contribution is 7.99. The molecule has 0 bridgehead atoms. The van der Waals surface area contributed by atoms with Gasteiger partial charge in [-0.25, -0.2) is 0 Å². The van der Waals surface area contributed by atoms with Gasteiger partial charge in [0.1, 0.15) is 0 Å². The minimum atomic E-state index is 0.0241. The van der Waals surface area contributed by atoms with Crippen molar-refractivity contribution in [2.24, 2.45) is 0 Å². The first-order chi connectivity index (χ1) is 7.09. The van der Waals surface area contributed by atoms with E-state index in [1.54, 1.807) is 18.8 Å². The largest absolute Gasteiger partial charge is 0.314 e. The van der Waals surface area contributed by atoms with E-state index in [-0.39, 0.29) is 6.04 Å². The van der Waals surface area contributed by atoms with Crippen LogP contribution >= 0.6 is 35.0 Å². The Hall–Kier alpha value is 0.0700. The van der Waals surface area contributed by atoms with Crippen LogP contribution in [-0.2, 0) is 0 Å². The van der Waals surface area contributed by atoms with E-state index in [9.17, 15) is 5.21 Å². The third kappa shape index (κ3) is 2.27. The van der Waals surface area contributed by atoms with Crippen molar-refractivity contribution < 1.29 is 5.21 Å². The zero-order valence-corrected chi connectivity index (χ0v) is 10.5. The number of hydrogen-bond acceptors (Lipinski definition) is 3. The van der Waals surface area contributed by atoms with Crippen LogP contribution in [0.5, 0.6) is 0 Å². The van der Waals surface area contributed by atoms with Crippen molar-refractivity contribution in [3.05, 3.63) is 27.7 Å². The van der Waals surface area contributed by atoms with E-state index in [0.29, 0.717) is 10.0 Å². The Bertz CT molecular complexity index is 384. The van der Waals surface area contributed by atoms with Gasteiger partial charge in [-0.1, -0.05) is 23.2 Å². The molecule has 1 aliphatic rings. The third-order valence-corrected chi connectivity index (χ3v) is 4.34. The molecule has 0 aliphatic carbocycles. The van der Waals surface area contributed by atoms with Gasteiger partial charge in [-0.3, -0.25) is 0 Å². The number of halogens is 2. The van der Waals surface area contributed by atoms with Gasteiger partial charge in [0.25, 0.3) is 0 Å². The first-order valence-electron chi connectivity index (χ1n) is 4.63. The Morgan fingerprint density at radius 3 is 2.73 bits per heavy atom. The molecule has 82 valence electrons. The molecule has 1 aromatic rings. The van der Waals surface area contributed by atoms with E-state index in [4.69, 9.17) is 23.2 Å². The van der Waals surface area contributed by atoms with Crippen molar-refractivity contribution in [2.45, 2.75) is 17.4 Å². The molecule has 0 aromatic heterocycles. The highest BCUT2D eigenvalue weighted by Gasteiger charge is 2.24. The molecular formula is C10H11Cl2NOS. The van der Waals surface area contributed by atoms with Crippen LogP contribution in [0.15, 0.2) is 17.0 Å². The van der Waals surface area contributed by atoms with Gasteiger partial charge in [-0.2, -0.15) is 5.06 Å². The maximum absolute atomic E-state index is 9.53. The second kappa shape index (κ2) is 4.52. The zero-order valence-electron chi connectivity index (χ0n) is 8.20. The van der Waals surface area contributed by atoms with Crippen molar-refractivity contribution in [3.63, 3.8) is 0 Å². The Morgan fingerprint density at radius 2 is 2.07 bits per heavy atom. The third-order valence-electron chi connectivity index (χ3n) is 2.51. The van der Waals surface area contributed by atoms with Gasteiger partial charge < -0.3 is 5.21 Å². The van der Waals surface area contributed by atoms with Gasteiger partial charge in [0.05, 0.1) is 16.1 Å². The van der Waals surface area contributed by atoms with Crippen LogP contribution < -0.4 is 0 Å². The molecule has 1 atom stereocenters. The van der Waals surface area contributed by atoms with Gasteiger partial charge in [-0.15, -0.1) is 11.8 Å². The van der Waals surface area contributed by atoms with Gasteiger partial charge >= 0.3 is 0 Å². The topological polar surface area (TPSA) is 23.5 Å². The van der Waals surface area contributed by atoms with Crippen molar-refractivity contribution >= 4 is 35.0 Å². The minimum Gasteiger partial charge on any atom is -0.314 e. The first kappa shape index (κ1) is 11.6. The number of nitrogens with zero attached hydrogens (tertiary/aromatic N) is 1. The Labute approximate surface area is 103 Å². The lowest BCUT2D eigenvalue weighted by Crippen LogP contribution is -2.24. The minimum absolute atomic E-state index is 0.0241. The van der Waals surface area contributed by atoms with Crippen LogP contribution in [-0.4, -0.2) is 23.1 Å². The smallest absolute Gasteiger partial charge is 0.0615 e. The van der Waals surface area contributed by atoms with E-state index in [1.165, 1.54) is 5.06 Å². The van der Waals surface area contributed by atoms with Crippen LogP contribution in [0.2, 0.25) is 10.0 Å². The Morgan fingerprint density at radius 1 is 1.40 bits per heavy atom. The summed E-state index contributed by atoms with van der Waals surface area (Å²) < 4.78 is 0. The summed E-state index contributed by atoms with van der Waals surface area (Å²) in [6.07, 6.45) is 0.919. The van der Waals surface area contributed by atoms with E-state index in [0.717, 1.165) is 22.6 Å². The first-order valence-corrected chi connectivity index (χ1v) is 6.37. The summed E-state index contributed by atoms with van der Waals surface area (Å²) in [7, 11) is 1.66. The quantitative estimate of drug-likeness (QED) is 0.779. The van der Waals surface area contributed by atoms with Crippen molar-refractivity contribution in [1.82, 2.24) is 5.06 Å². The summed E-state index contributed by atoms with van der Waals surface area (Å²) >= 11 is 13.7. The summed E-state index contributed by atoms with van der Waals surface area (Å²) in [6.45, 7) is 0. The molecule has 2 rings (SSSR count). The van der Waals surface area contributed by atoms with Crippen LogP contribution in [0.1, 0.15) is 18.0 Å². The molecule has 1 aromatic carbocycles. The fraction of sp³-hybridized carbons (Fsp3) is 0.400. The van der Waals surface area contributed by atoms with Gasteiger partial charge in [0, 0.05) is 11.9 Å². The molecular weight excluding hydrogens is 253 g/mol. The number of rotatable bonds is 1. The van der Waals surface area contributed by atoms with E-state index >= 15 is 0 Å². The van der Waals surface area contributed by atoms with Crippen molar-refractivity contribution in [1.29, 1.82) is 0 Å². The fourth-order valence-electron chi connectivity index (χ4n) is 1.75. The predicted octanol–water partition coefficient (Wildman–Crippen LogP) is 3.85. The van der Waals surface area contributed by atoms with Crippen LogP contribution in [0, 0.1) is 0 Å². The van der Waals surface area contributed by atoms with Crippen molar-refractivity contribution in [2.75, 3.05) is 12.8 Å². The molecule has 1 aliphatic heterocycles. The monoisotopic (exact) mass is 263 g/mol. The predicted molar refractivity (Wildman–Crippen MR) is 64.1 cm³/mol. The molecule has 0 spiro atoms. The zero-order chi connectivity index (χ0) is 11.0. The van der Waals surface area contributed by atoms with Crippen LogP contribution in [0.25, 0.3) is 0 Å². The highest BCUT2D eigenvalue weighted by Crippen LogP contribution is 2.41.